The van der Waals surface area contributed by atoms with Crippen LogP contribution in [0, 0.1) is 12.8 Å². The van der Waals surface area contributed by atoms with Crippen molar-refractivity contribution in [1.29, 1.82) is 0 Å². The Morgan fingerprint density at radius 1 is 1.22 bits per heavy atom. The molecule has 1 aromatic carbocycles. The van der Waals surface area contributed by atoms with Crippen LogP contribution in [0.4, 0.5) is 11.5 Å². The van der Waals surface area contributed by atoms with E-state index in [1.54, 1.807) is 11.5 Å². The van der Waals surface area contributed by atoms with E-state index in [-0.39, 0.29) is 12.7 Å². The van der Waals surface area contributed by atoms with E-state index < -0.39 is 0 Å². The molecule has 36 heavy (non-hydrogen) atoms. The summed E-state index contributed by atoms with van der Waals surface area (Å²) in [7, 11) is 0. The molecule has 1 fully saturated rings. The Morgan fingerprint density at radius 3 is 2.81 bits per heavy atom. The second kappa shape index (κ2) is 10.8. The lowest BCUT2D eigenvalue weighted by Crippen LogP contribution is -2.47. The maximum absolute atomic E-state index is 12.0. The molecule has 0 unspecified atom stereocenters. The van der Waals surface area contributed by atoms with Crippen molar-refractivity contribution in [2.45, 2.75) is 52.9 Å². The molecule has 2 aliphatic heterocycles. The van der Waals surface area contributed by atoms with Gasteiger partial charge in [-0.2, -0.15) is 4.37 Å². The van der Waals surface area contributed by atoms with Crippen LogP contribution in [-0.4, -0.2) is 54.7 Å². The third-order valence-corrected chi connectivity index (χ3v) is 8.42. The molecule has 1 aliphatic carbocycles. The number of carbonyl (C=O) groups is 1. The largest absolute Gasteiger partial charge is 0.444 e. The zero-order valence-electron chi connectivity index (χ0n) is 21.9. The smallest absolute Gasteiger partial charge is 0.307 e. The maximum atomic E-state index is 12.0. The zero-order valence-corrected chi connectivity index (χ0v) is 22.7. The molecule has 2 aromatic rings. The van der Waals surface area contributed by atoms with Crippen LogP contribution in [0.3, 0.4) is 0 Å². The predicted octanol–water partition coefficient (Wildman–Crippen LogP) is 5.20. The van der Waals surface area contributed by atoms with Crippen molar-refractivity contribution >= 4 is 35.1 Å². The summed E-state index contributed by atoms with van der Waals surface area (Å²) in [6, 6.07) is 4.59. The first-order valence-corrected chi connectivity index (χ1v) is 14.0. The second-order valence-electron chi connectivity index (χ2n) is 10.7. The van der Waals surface area contributed by atoms with E-state index in [2.05, 4.69) is 52.5 Å². The van der Waals surface area contributed by atoms with Gasteiger partial charge in [0.1, 0.15) is 5.82 Å². The van der Waals surface area contributed by atoms with Gasteiger partial charge in [0, 0.05) is 67.4 Å². The molecule has 1 saturated heterocycles. The van der Waals surface area contributed by atoms with E-state index in [1.807, 2.05) is 13.8 Å². The monoisotopic (exact) mass is 506 g/mol. The van der Waals surface area contributed by atoms with Crippen molar-refractivity contribution in [2.24, 2.45) is 5.92 Å². The summed E-state index contributed by atoms with van der Waals surface area (Å²) in [6.07, 6.45) is 9.14. The standard InChI is InChI=1S/C29H38N4O2S/c1-20(2)15-28(34)35-19-33-22(4)17-24-18-23(21(3)16-26(24)33)9-10-31-11-13-32(14-12-31)29-25-7-5-6-8-27(25)36-30-29/h5,7,16,18,20H,4,6,8-15,17,19H2,1-3H3. The van der Waals surface area contributed by atoms with Gasteiger partial charge in [0.2, 0.25) is 0 Å². The summed E-state index contributed by atoms with van der Waals surface area (Å²) in [4.78, 5) is 20.6. The van der Waals surface area contributed by atoms with Crippen LogP contribution in [0.25, 0.3) is 6.08 Å². The SMILES string of the molecule is C=C1Cc2cc(CCN3CCN(c4nsc5c4C=CCC5)CC3)c(C)cc2N1COC(=O)CC(C)C. The lowest BCUT2D eigenvalue weighted by molar-refractivity contribution is -0.144. The van der Waals surface area contributed by atoms with Crippen molar-refractivity contribution < 1.29 is 9.53 Å². The van der Waals surface area contributed by atoms with Crippen LogP contribution in [-0.2, 0) is 28.8 Å². The van der Waals surface area contributed by atoms with Crippen LogP contribution in [0.5, 0.6) is 0 Å². The Balaban J connectivity index is 1.15. The van der Waals surface area contributed by atoms with Crippen LogP contribution < -0.4 is 9.80 Å². The summed E-state index contributed by atoms with van der Waals surface area (Å²) >= 11 is 1.68. The van der Waals surface area contributed by atoms with E-state index in [4.69, 9.17) is 9.11 Å². The van der Waals surface area contributed by atoms with E-state index in [0.29, 0.717) is 12.3 Å². The van der Waals surface area contributed by atoms with Gasteiger partial charge in [0.25, 0.3) is 0 Å². The number of carbonyl (C=O) groups excluding carboxylic acids is 1. The summed E-state index contributed by atoms with van der Waals surface area (Å²) in [5.41, 5.74) is 7.47. The number of anilines is 2. The van der Waals surface area contributed by atoms with E-state index in [1.165, 1.54) is 32.9 Å². The van der Waals surface area contributed by atoms with Crippen LogP contribution >= 0.6 is 11.5 Å². The van der Waals surface area contributed by atoms with E-state index in [9.17, 15) is 4.79 Å². The molecule has 192 valence electrons. The summed E-state index contributed by atoms with van der Waals surface area (Å²) in [6.45, 7) is 16.0. The minimum atomic E-state index is -0.147. The molecule has 5 rings (SSSR count). The van der Waals surface area contributed by atoms with Gasteiger partial charge < -0.3 is 14.5 Å². The quantitative estimate of drug-likeness (QED) is 0.459. The van der Waals surface area contributed by atoms with Gasteiger partial charge in [-0.15, -0.1) is 0 Å². The lowest BCUT2D eigenvalue weighted by Gasteiger charge is -2.35. The molecule has 1 aromatic heterocycles. The number of esters is 1. The first-order valence-electron chi connectivity index (χ1n) is 13.2. The first-order chi connectivity index (χ1) is 17.4. The normalized spacial score (nSPS) is 17.6. The number of aryl methyl sites for hydroxylation is 2. The Labute approximate surface area is 219 Å². The molecule has 3 heterocycles. The number of aromatic nitrogens is 1. The second-order valence-corrected chi connectivity index (χ2v) is 11.5. The molecular formula is C29H38N4O2S. The number of hydrogen-bond donors (Lipinski definition) is 0. The van der Waals surface area contributed by atoms with E-state index >= 15 is 0 Å². The van der Waals surface area contributed by atoms with Gasteiger partial charge in [-0.1, -0.05) is 38.6 Å². The van der Waals surface area contributed by atoms with Gasteiger partial charge in [-0.25, -0.2) is 0 Å². The maximum Gasteiger partial charge on any atom is 0.307 e. The van der Waals surface area contributed by atoms with Gasteiger partial charge in [0.15, 0.2) is 6.73 Å². The molecule has 0 amide bonds. The minimum Gasteiger partial charge on any atom is -0.444 e. The molecule has 0 atom stereocenters. The summed E-state index contributed by atoms with van der Waals surface area (Å²) < 4.78 is 10.3. The van der Waals surface area contributed by atoms with Crippen LogP contribution in [0.15, 0.2) is 30.5 Å². The zero-order chi connectivity index (χ0) is 25.2. The first kappa shape index (κ1) is 25.0. The molecule has 3 aliphatic rings. The summed E-state index contributed by atoms with van der Waals surface area (Å²) in [5.74, 6) is 1.35. The molecule has 0 radical (unpaired) electrons. The Hall–Kier alpha value is -2.64. The fraction of sp³-hybridized carbons (Fsp3) is 0.517. The topological polar surface area (TPSA) is 48.9 Å². The predicted molar refractivity (Wildman–Crippen MR) is 149 cm³/mol. The van der Waals surface area contributed by atoms with Crippen molar-refractivity contribution in [3.63, 3.8) is 0 Å². The molecule has 0 spiro atoms. The molecular weight excluding hydrogens is 468 g/mol. The van der Waals surface area contributed by atoms with Crippen molar-refractivity contribution in [1.82, 2.24) is 9.27 Å². The highest BCUT2D eigenvalue weighted by molar-refractivity contribution is 7.06. The highest BCUT2D eigenvalue weighted by Crippen LogP contribution is 2.36. The van der Waals surface area contributed by atoms with Crippen LogP contribution in [0.2, 0.25) is 0 Å². The van der Waals surface area contributed by atoms with Gasteiger partial charge in [0.05, 0.1) is 0 Å². The van der Waals surface area contributed by atoms with Crippen molar-refractivity contribution in [3.8, 4) is 0 Å². The Morgan fingerprint density at radius 2 is 2.03 bits per heavy atom. The van der Waals surface area contributed by atoms with Gasteiger partial charge in [-0.3, -0.25) is 9.69 Å². The fourth-order valence-corrected chi connectivity index (χ4v) is 6.28. The number of fused-ring (bicyclic) bond motifs is 2. The average molecular weight is 507 g/mol. The highest BCUT2D eigenvalue weighted by atomic mass is 32.1. The summed E-state index contributed by atoms with van der Waals surface area (Å²) in [5, 5.41) is 0. The Bertz CT molecular complexity index is 1160. The Kier molecular flexibility index (Phi) is 7.49. The highest BCUT2D eigenvalue weighted by Gasteiger charge is 2.26. The minimum absolute atomic E-state index is 0.147. The van der Waals surface area contributed by atoms with Gasteiger partial charge >= 0.3 is 5.97 Å². The van der Waals surface area contributed by atoms with Crippen molar-refractivity contribution in [3.05, 3.63) is 57.6 Å². The van der Waals surface area contributed by atoms with Crippen molar-refractivity contribution in [2.75, 3.05) is 49.3 Å². The average Bonchev–Trinajstić information content (AvgIpc) is 3.41. The molecule has 0 N–H and O–H groups in total. The number of allylic oxidation sites excluding steroid dienone is 2. The molecule has 6 nitrogen and oxygen atoms in total. The van der Waals surface area contributed by atoms with Gasteiger partial charge in [-0.05, 0) is 66.4 Å². The van der Waals surface area contributed by atoms with E-state index in [0.717, 1.165) is 69.8 Å². The number of nitrogens with zero attached hydrogens (tertiary/aromatic N) is 4. The molecule has 7 heteroatoms. The number of hydrogen-bond acceptors (Lipinski definition) is 7. The number of rotatable bonds is 8. The number of benzene rings is 1. The third-order valence-electron chi connectivity index (χ3n) is 7.51. The molecule has 0 bridgehead atoms. The number of ether oxygens (including phenoxy) is 1. The molecule has 0 saturated carbocycles. The lowest BCUT2D eigenvalue weighted by atomic mass is 10.00. The van der Waals surface area contributed by atoms with Crippen LogP contribution in [0.1, 0.15) is 53.8 Å². The third kappa shape index (κ3) is 5.37. The number of piperazine rings is 1. The fourth-order valence-electron chi connectivity index (χ4n) is 5.40.